The van der Waals surface area contributed by atoms with Crippen molar-refractivity contribution in [2.75, 3.05) is 136 Å². The summed E-state index contributed by atoms with van der Waals surface area (Å²) in [4.78, 5) is 18.6. The first kappa shape index (κ1) is 84.7. The number of hydrogen-bond donors (Lipinski definition) is 5. The van der Waals surface area contributed by atoms with Gasteiger partial charge in [0.15, 0.2) is 5.71 Å². The lowest BCUT2D eigenvalue weighted by Gasteiger charge is -2.27. The molecular weight excluding hydrogens is 1450 g/mol. The van der Waals surface area contributed by atoms with Gasteiger partial charge in [0.2, 0.25) is 5.69 Å². The predicted octanol–water partition coefficient (Wildman–Crippen LogP) is 7.26. The molecule has 5 aromatic rings. The molecule has 7 rings (SSSR count). The van der Waals surface area contributed by atoms with Crippen molar-refractivity contribution in [3.05, 3.63) is 158 Å². The minimum absolute atomic E-state index is 0.0265. The molecule has 3 aromatic carbocycles. The maximum Gasteiger partial charge on any atom is 0.294 e. The van der Waals surface area contributed by atoms with Crippen LogP contribution in [-0.2, 0) is 116 Å². The van der Waals surface area contributed by atoms with E-state index >= 15 is 0 Å². The van der Waals surface area contributed by atoms with E-state index in [0.29, 0.717) is 146 Å². The average molecular weight is 1540 g/mol. The number of aromatic nitrogens is 6. The molecule has 2 aliphatic rings. The highest BCUT2D eigenvalue weighted by Crippen LogP contribution is 2.49. The number of rotatable bonds is 49. The largest absolute Gasteiger partial charge is 0.382 e. The van der Waals surface area contributed by atoms with Crippen molar-refractivity contribution in [3.8, 4) is 0 Å². The summed E-state index contributed by atoms with van der Waals surface area (Å²) >= 11 is 0. The van der Waals surface area contributed by atoms with E-state index in [4.69, 9.17) is 43.4 Å². The average Bonchev–Trinajstić information content (AvgIpc) is 1.60. The lowest BCUT2D eigenvalue weighted by Crippen LogP contribution is -2.28. The number of ether oxygens (including phenoxy) is 8. The molecule has 0 saturated carbocycles. The van der Waals surface area contributed by atoms with E-state index in [1.807, 2.05) is 27.7 Å². The minimum atomic E-state index is -4.70. The summed E-state index contributed by atoms with van der Waals surface area (Å²) in [5, 5.41) is 24.6. The number of unbranched alkanes of at least 4 members (excludes halogenated alkanes) is 3. The molecule has 576 valence electrons. The van der Waals surface area contributed by atoms with Crippen molar-refractivity contribution in [1.29, 1.82) is 0 Å². The molecule has 0 bridgehead atoms. The van der Waals surface area contributed by atoms with Gasteiger partial charge in [-0.1, -0.05) is 66.5 Å². The molecule has 5 N–H and O–H groups in total. The Labute approximate surface area is 612 Å². The van der Waals surface area contributed by atoms with Crippen LogP contribution in [0.4, 0.5) is 11.4 Å². The van der Waals surface area contributed by atoms with E-state index in [9.17, 15) is 56.7 Å². The molecule has 2 aromatic heterocycles. The molecule has 2 aliphatic heterocycles. The van der Waals surface area contributed by atoms with Gasteiger partial charge in [-0.2, -0.15) is 38.2 Å². The molecule has 1 amide bonds. The van der Waals surface area contributed by atoms with E-state index < -0.39 is 68.7 Å². The van der Waals surface area contributed by atoms with Crippen molar-refractivity contribution >= 4 is 69.0 Å². The summed E-state index contributed by atoms with van der Waals surface area (Å²) in [6, 6.07) is 11.6. The molecule has 0 fully saturated rings. The normalized spacial score (nSPS) is 15.0. The summed E-state index contributed by atoms with van der Waals surface area (Å²) in [7, 11) is -15.1. The zero-order chi connectivity index (χ0) is 76.3. The first-order valence-corrected chi connectivity index (χ1v) is 40.1. The Morgan fingerprint density at radius 2 is 1.14 bits per heavy atom. The van der Waals surface area contributed by atoms with Crippen LogP contribution in [-0.4, -0.2) is 229 Å². The highest BCUT2D eigenvalue weighted by molar-refractivity contribution is 7.86. The first-order valence-electron chi connectivity index (χ1n) is 34.0. The SMILES string of the molecule is COCCOCCOCCOCc1cn(Cc2cc(C(=O)NCCCCCCN=[N+]=[N-])cc(Cn3cc(COCCOCCOCCOC)nn3)c2C(=C\C=C\C2=[N+](CCCS(=O)(=O)O)c3ccc(S(=O)(=O)O)cc3C2(C)C)/C=C/C=C2/N(CCCS(=O)(=O)O)c3ccc(S(=O)(=O)O)cc3C2(C)C)nn1. The van der Waals surface area contributed by atoms with E-state index in [2.05, 4.69) is 36.0 Å². The minimum Gasteiger partial charge on any atom is -0.382 e. The molecule has 0 radical (unpaired) electrons. The van der Waals surface area contributed by atoms with Crippen LogP contribution in [0.25, 0.3) is 16.0 Å². The Kier molecular flexibility index (Phi) is 32.6. The van der Waals surface area contributed by atoms with E-state index in [1.165, 1.54) is 36.4 Å². The number of azide groups is 1. The Morgan fingerprint density at radius 1 is 0.629 bits per heavy atom. The molecule has 37 heteroatoms. The highest BCUT2D eigenvalue weighted by atomic mass is 32.2. The zero-order valence-corrected chi connectivity index (χ0v) is 63.1. The van der Waals surface area contributed by atoms with Gasteiger partial charge in [-0.3, -0.25) is 23.0 Å². The van der Waals surface area contributed by atoms with Crippen LogP contribution in [0.15, 0.2) is 118 Å². The van der Waals surface area contributed by atoms with E-state index in [-0.39, 0.29) is 94.0 Å². The summed E-state index contributed by atoms with van der Waals surface area (Å²) in [5.74, 6) is -1.63. The summed E-state index contributed by atoms with van der Waals surface area (Å²) < 4.78 is 188. The molecule has 0 spiro atoms. The second-order valence-corrected chi connectivity index (χ2v) is 31.6. The van der Waals surface area contributed by atoms with Gasteiger partial charge in [-0.15, -0.1) is 10.2 Å². The molecule has 0 unspecified atom stereocenters. The summed E-state index contributed by atoms with van der Waals surface area (Å²) in [6.07, 6.45) is 16.6. The van der Waals surface area contributed by atoms with Gasteiger partial charge in [-0.05, 0) is 115 Å². The third-order valence-corrected chi connectivity index (χ3v) is 20.3. The number of carbonyl (C=O) groups excluding carboxylic acids is 1. The predicted molar refractivity (Wildman–Crippen MR) is 388 cm³/mol. The second-order valence-electron chi connectivity index (χ2n) is 25.6. The number of fused-ring (bicyclic) bond motifs is 2. The standard InChI is InChI=1S/C68H94N12O21S4/c1-67(2)59-43-57(104(88,89)90)19-21-61(59)79(25-13-39-102(82,83)84)63(67)17-11-15-51(16-12-18-64-68(3,4)60-44-58(105(91,92)93)20-22-62(60)80(64)26-14-40-103(85,86)87)65-53(45-77-47-55(72-75-77)49-100-37-35-98-33-31-96-29-27-94-5)41-52(66(81)70-23-9-7-8-10-24-71-74-69)42-54(65)46-78-48-56(73-76-78)50-101-38-36-99-34-32-97-30-28-95-6/h11-12,15-22,41-44,47-48H,7-10,13-14,23-40,45-46,49-50H2,1-6H3,(H4-,70,81,82,83,84,85,86,87,88,89,90,91,92,93)/p+1. The number of nitrogens with one attached hydrogen (secondary N) is 1. The van der Waals surface area contributed by atoms with Crippen LogP contribution >= 0.6 is 0 Å². The molecular formula is C68H95N12O21S4+. The fourth-order valence-electron chi connectivity index (χ4n) is 12.0. The van der Waals surface area contributed by atoms with Gasteiger partial charge >= 0.3 is 0 Å². The molecule has 0 saturated heterocycles. The molecule has 4 heterocycles. The lowest BCUT2D eigenvalue weighted by atomic mass is 9.81. The van der Waals surface area contributed by atoms with Crippen molar-refractivity contribution < 1.29 is 99.1 Å². The fraction of sp³-hybridized carbons (Fsp3) is 0.529. The molecule has 33 nitrogen and oxygen atoms in total. The lowest BCUT2D eigenvalue weighted by molar-refractivity contribution is -0.437. The quantitative estimate of drug-likeness (QED) is 0.00486. The van der Waals surface area contributed by atoms with Crippen molar-refractivity contribution in [1.82, 2.24) is 35.3 Å². The van der Waals surface area contributed by atoms with Gasteiger partial charge < -0.3 is 48.1 Å². The topological polar surface area (TPSA) is 437 Å². The second kappa shape index (κ2) is 40.4. The van der Waals surface area contributed by atoms with Crippen LogP contribution in [0.2, 0.25) is 0 Å². The van der Waals surface area contributed by atoms with Crippen LogP contribution in [0.1, 0.15) is 116 Å². The Bertz CT molecular complexity index is 4350. The number of allylic oxidation sites excluding steroid dienone is 8. The van der Waals surface area contributed by atoms with Crippen molar-refractivity contribution in [3.63, 3.8) is 0 Å². The van der Waals surface area contributed by atoms with Crippen LogP contribution in [0, 0.1) is 0 Å². The summed E-state index contributed by atoms with van der Waals surface area (Å²) in [6.45, 7) is 12.2. The van der Waals surface area contributed by atoms with Gasteiger partial charge in [0, 0.05) is 85.3 Å². The van der Waals surface area contributed by atoms with Crippen LogP contribution in [0.5, 0.6) is 0 Å². The maximum atomic E-state index is 14.7. The molecule has 0 atom stereocenters. The van der Waals surface area contributed by atoms with Crippen molar-refractivity contribution in [2.24, 2.45) is 5.11 Å². The monoisotopic (exact) mass is 1540 g/mol. The number of carbonyl (C=O) groups is 1. The number of anilines is 1. The van der Waals surface area contributed by atoms with E-state index in [1.54, 1.807) is 94.0 Å². The molecule has 105 heavy (non-hydrogen) atoms. The highest BCUT2D eigenvalue weighted by Gasteiger charge is 2.45. The Morgan fingerprint density at radius 3 is 1.68 bits per heavy atom. The Balaban J connectivity index is 1.42. The maximum absolute atomic E-state index is 14.7. The fourth-order valence-corrected chi connectivity index (χ4v) is 14.0. The van der Waals surface area contributed by atoms with Gasteiger partial charge in [0.25, 0.3) is 46.4 Å². The zero-order valence-electron chi connectivity index (χ0n) is 59.8. The molecule has 0 aliphatic carbocycles. The number of nitrogens with zero attached hydrogens (tertiary/aromatic N) is 11. The number of benzene rings is 3. The van der Waals surface area contributed by atoms with Gasteiger partial charge in [0.05, 0.1) is 145 Å². The number of methoxy groups -OCH3 is 2. The van der Waals surface area contributed by atoms with Crippen molar-refractivity contribution in [2.45, 2.75) is 113 Å². The van der Waals surface area contributed by atoms with E-state index in [0.717, 1.165) is 12.8 Å². The van der Waals surface area contributed by atoms with Crippen LogP contribution in [0.3, 0.4) is 0 Å². The number of amides is 1. The third-order valence-electron chi connectivity index (χ3n) is 17.0. The first-order chi connectivity index (χ1) is 49.9. The van der Waals surface area contributed by atoms with Gasteiger partial charge in [-0.25, -0.2) is 9.36 Å². The number of hydrogen-bond acceptors (Lipinski definition) is 23. The smallest absolute Gasteiger partial charge is 0.294 e. The third kappa shape index (κ3) is 26.4. The van der Waals surface area contributed by atoms with Crippen LogP contribution < -0.4 is 10.2 Å². The Hall–Kier alpha value is -7.53. The van der Waals surface area contributed by atoms with Gasteiger partial charge in [0.1, 0.15) is 17.9 Å². The summed E-state index contributed by atoms with van der Waals surface area (Å²) in [5.41, 5.74) is 12.9.